The van der Waals surface area contributed by atoms with Crippen LogP contribution in [0, 0.1) is 6.92 Å². The molecule has 1 atom stereocenters. The van der Waals surface area contributed by atoms with Gasteiger partial charge in [0.2, 0.25) is 0 Å². The van der Waals surface area contributed by atoms with Gasteiger partial charge in [0.15, 0.2) is 0 Å². The first kappa shape index (κ1) is 14.7. The van der Waals surface area contributed by atoms with Crippen LogP contribution in [0.1, 0.15) is 43.7 Å². The van der Waals surface area contributed by atoms with Gasteiger partial charge in [0.25, 0.3) is 0 Å². The first-order valence-electron chi connectivity index (χ1n) is 7.15. The summed E-state index contributed by atoms with van der Waals surface area (Å²) >= 11 is 0. The summed E-state index contributed by atoms with van der Waals surface area (Å²) in [6.45, 7) is 9.07. The lowest BCUT2D eigenvalue weighted by atomic mass is 9.99. The van der Waals surface area contributed by atoms with Crippen LogP contribution in [0.25, 0.3) is 0 Å². The molecule has 0 radical (unpaired) electrons. The van der Waals surface area contributed by atoms with Crippen molar-refractivity contribution in [3.63, 3.8) is 0 Å². The Hall–Kier alpha value is -1.74. The van der Waals surface area contributed by atoms with Crippen molar-refractivity contribution >= 4 is 0 Å². The first-order valence-corrected chi connectivity index (χ1v) is 7.15. The Labute approximate surface area is 121 Å². The van der Waals surface area contributed by atoms with Crippen LogP contribution in [0.2, 0.25) is 0 Å². The Bertz CT molecular complexity index is 545. The van der Waals surface area contributed by atoms with Crippen LogP contribution in [0.15, 0.2) is 41.0 Å². The van der Waals surface area contributed by atoms with Gasteiger partial charge in [-0.05, 0) is 51.1 Å². The number of hydrogen-bond acceptors (Lipinski definition) is 3. The smallest absolute Gasteiger partial charge is 0.120 e. The summed E-state index contributed by atoms with van der Waals surface area (Å²) in [6, 6.07) is 10.4. The van der Waals surface area contributed by atoms with E-state index < -0.39 is 0 Å². The van der Waals surface area contributed by atoms with Gasteiger partial charge in [-0.1, -0.05) is 19.1 Å². The summed E-state index contributed by atoms with van der Waals surface area (Å²) in [5.41, 5.74) is 2.36. The largest absolute Gasteiger partial charge is 0.491 e. The number of hydrogen-bond donors (Lipinski definition) is 1. The minimum atomic E-state index is 0.134. The van der Waals surface area contributed by atoms with Gasteiger partial charge in [-0.25, -0.2) is 0 Å². The van der Waals surface area contributed by atoms with E-state index in [4.69, 9.17) is 9.15 Å². The third kappa shape index (κ3) is 3.42. The molecule has 0 fully saturated rings. The standard InChI is InChI=1S/C17H23NO2/c1-5-18-17(16-9-10-19-13(16)4)14-7-6-8-15(11-14)20-12(2)3/h6-12,17-18H,5H2,1-4H3. The summed E-state index contributed by atoms with van der Waals surface area (Å²) in [6.07, 6.45) is 1.92. The second-order valence-electron chi connectivity index (χ2n) is 5.16. The van der Waals surface area contributed by atoms with Crippen LogP contribution in [0.5, 0.6) is 5.75 Å². The summed E-state index contributed by atoms with van der Waals surface area (Å²) in [5, 5.41) is 3.51. The molecule has 0 saturated heterocycles. The Morgan fingerprint density at radius 2 is 2.05 bits per heavy atom. The highest BCUT2D eigenvalue weighted by Crippen LogP contribution is 2.28. The predicted octanol–water partition coefficient (Wildman–Crippen LogP) is 4.07. The maximum absolute atomic E-state index is 5.78. The van der Waals surface area contributed by atoms with Gasteiger partial charge in [0, 0.05) is 5.56 Å². The Morgan fingerprint density at radius 3 is 2.65 bits per heavy atom. The van der Waals surface area contributed by atoms with E-state index in [9.17, 15) is 0 Å². The Morgan fingerprint density at radius 1 is 1.25 bits per heavy atom. The first-order chi connectivity index (χ1) is 9.61. The normalized spacial score (nSPS) is 12.7. The molecule has 1 aromatic heterocycles. The zero-order valence-corrected chi connectivity index (χ0v) is 12.6. The van der Waals surface area contributed by atoms with E-state index in [2.05, 4.69) is 24.4 Å². The molecule has 108 valence electrons. The van der Waals surface area contributed by atoms with Crippen LogP contribution in [-0.4, -0.2) is 12.6 Å². The summed E-state index contributed by atoms with van der Waals surface area (Å²) in [7, 11) is 0. The van der Waals surface area contributed by atoms with E-state index in [1.165, 1.54) is 11.1 Å². The van der Waals surface area contributed by atoms with E-state index in [1.54, 1.807) is 6.26 Å². The lowest BCUT2D eigenvalue weighted by Crippen LogP contribution is -2.22. The quantitative estimate of drug-likeness (QED) is 0.861. The molecule has 0 aliphatic carbocycles. The molecule has 1 heterocycles. The molecule has 2 rings (SSSR count). The van der Waals surface area contributed by atoms with Crippen molar-refractivity contribution in [2.45, 2.75) is 39.8 Å². The summed E-state index contributed by atoms with van der Waals surface area (Å²) in [4.78, 5) is 0. The Kier molecular flexibility index (Phi) is 4.85. The molecule has 3 heteroatoms. The van der Waals surface area contributed by atoms with Gasteiger partial charge in [0.1, 0.15) is 11.5 Å². The maximum Gasteiger partial charge on any atom is 0.120 e. The van der Waals surface area contributed by atoms with Crippen molar-refractivity contribution in [3.05, 3.63) is 53.5 Å². The van der Waals surface area contributed by atoms with Crippen LogP contribution < -0.4 is 10.1 Å². The molecule has 0 bridgehead atoms. The molecule has 0 saturated carbocycles. The lowest BCUT2D eigenvalue weighted by molar-refractivity contribution is 0.242. The molecule has 0 aliphatic rings. The number of rotatable bonds is 6. The van der Waals surface area contributed by atoms with Crippen molar-refractivity contribution in [2.75, 3.05) is 6.54 Å². The predicted molar refractivity (Wildman–Crippen MR) is 81.2 cm³/mol. The van der Waals surface area contributed by atoms with Crippen molar-refractivity contribution in [2.24, 2.45) is 0 Å². The molecule has 1 aromatic carbocycles. The molecule has 2 aromatic rings. The number of furan rings is 1. The average Bonchev–Trinajstić information content (AvgIpc) is 2.81. The van der Waals surface area contributed by atoms with Crippen LogP contribution in [-0.2, 0) is 0 Å². The van der Waals surface area contributed by atoms with E-state index in [0.717, 1.165) is 18.1 Å². The van der Waals surface area contributed by atoms with Gasteiger partial charge >= 0.3 is 0 Å². The van der Waals surface area contributed by atoms with E-state index in [-0.39, 0.29) is 12.1 Å². The molecule has 1 N–H and O–H groups in total. The number of aryl methyl sites for hydroxylation is 1. The van der Waals surface area contributed by atoms with Crippen molar-refractivity contribution in [1.82, 2.24) is 5.32 Å². The molecular weight excluding hydrogens is 250 g/mol. The maximum atomic E-state index is 5.78. The second kappa shape index (κ2) is 6.62. The van der Waals surface area contributed by atoms with E-state index in [0.29, 0.717) is 0 Å². The van der Waals surface area contributed by atoms with Gasteiger partial charge in [-0.3, -0.25) is 0 Å². The van der Waals surface area contributed by atoms with E-state index in [1.807, 2.05) is 39.0 Å². The molecule has 20 heavy (non-hydrogen) atoms. The summed E-state index contributed by atoms with van der Waals surface area (Å²) < 4.78 is 11.2. The van der Waals surface area contributed by atoms with Gasteiger partial charge in [-0.2, -0.15) is 0 Å². The summed E-state index contributed by atoms with van der Waals surface area (Å²) in [5.74, 6) is 1.85. The number of nitrogens with one attached hydrogen (secondary N) is 1. The highest BCUT2D eigenvalue weighted by molar-refractivity contribution is 5.37. The number of ether oxygens (including phenoxy) is 1. The number of benzene rings is 1. The average molecular weight is 273 g/mol. The topological polar surface area (TPSA) is 34.4 Å². The minimum Gasteiger partial charge on any atom is -0.491 e. The molecular formula is C17H23NO2. The molecule has 3 nitrogen and oxygen atoms in total. The van der Waals surface area contributed by atoms with Gasteiger partial charge < -0.3 is 14.5 Å². The highest BCUT2D eigenvalue weighted by atomic mass is 16.5. The van der Waals surface area contributed by atoms with Crippen LogP contribution >= 0.6 is 0 Å². The van der Waals surface area contributed by atoms with Crippen molar-refractivity contribution in [1.29, 1.82) is 0 Å². The third-order valence-corrected chi connectivity index (χ3v) is 3.18. The third-order valence-electron chi connectivity index (χ3n) is 3.18. The van der Waals surface area contributed by atoms with Crippen molar-refractivity contribution < 1.29 is 9.15 Å². The molecule has 0 amide bonds. The molecule has 0 spiro atoms. The van der Waals surface area contributed by atoms with Crippen LogP contribution in [0.4, 0.5) is 0 Å². The zero-order valence-electron chi connectivity index (χ0n) is 12.6. The highest BCUT2D eigenvalue weighted by Gasteiger charge is 2.17. The lowest BCUT2D eigenvalue weighted by Gasteiger charge is -2.19. The monoisotopic (exact) mass is 273 g/mol. The fourth-order valence-corrected chi connectivity index (χ4v) is 2.35. The second-order valence-corrected chi connectivity index (χ2v) is 5.16. The SMILES string of the molecule is CCNC(c1cccc(OC(C)C)c1)c1ccoc1C. The Balaban J connectivity index is 2.32. The van der Waals surface area contributed by atoms with E-state index >= 15 is 0 Å². The van der Waals surface area contributed by atoms with Gasteiger partial charge in [0.05, 0.1) is 18.4 Å². The fourth-order valence-electron chi connectivity index (χ4n) is 2.35. The molecule has 1 unspecified atom stereocenters. The van der Waals surface area contributed by atoms with Crippen molar-refractivity contribution in [3.8, 4) is 5.75 Å². The van der Waals surface area contributed by atoms with Gasteiger partial charge in [-0.15, -0.1) is 0 Å². The fraction of sp³-hybridized carbons (Fsp3) is 0.412. The zero-order chi connectivity index (χ0) is 14.5. The minimum absolute atomic E-state index is 0.134. The van der Waals surface area contributed by atoms with Crippen LogP contribution in [0.3, 0.4) is 0 Å². The molecule has 0 aliphatic heterocycles.